The lowest BCUT2D eigenvalue weighted by Gasteiger charge is -2.42. The van der Waals surface area contributed by atoms with Crippen LogP contribution in [0.25, 0.3) is 5.57 Å². The fraction of sp³-hybridized carbons (Fsp3) is 0.519. The standard InChI is InChI=1S/C27H36O2/c1-18(15-25(28)29)11-12-20-9-7-8-10-21(20)22-17-24-23(16-19(22)2)26(3,4)13-14-27(24,5)6/h11-12,15-17H,7-10,13-14H2,1-6H3,(H,28,29). The Morgan fingerprint density at radius 1 is 1.00 bits per heavy atom. The van der Waals surface area contributed by atoms with Gasteiger partial charge in [0.05, 0.1) is 0 Å². The molecule has 2 aliphatic rings. The molecule has 1 aromatic carbocycles. The SMILES string of the molecule is CC(C=CC1=C(c2cc3c(cc2C)C(C)(C)CCC3(C)C)CCCC1)=CC(=O)O. The van der Waals surface area contributed by atoms with Gasteiger partial charge in [-0.05, 0) is 102 Å². The highest BCUT2D eigenvalue weighted by Crippen LogP contribution is 2.48. The van der Waals surface area contributed by atoms with Crippen LogP contribution in [-0.2, 0) is 15.6 Å². The molecule has 0 saturated carbocycles. The van der Waals surface area contributed by atoms with Gasteiger partial charge in [0.2, 0.25) is 0 Å². The number of carbonyl (C=O) groups is 1. The Hall–Kier alpha value is -2.09. The minimum absolute atomic E-state index is 0.208. The molecule has 0 unspecified atom stereocenters. The van der Waals surface area contributed by atoms with E-state index in [4.69, 9.17) is 5.11 Å². The average molecular weight is 393 g/mol. The number of benzene rings is 1. The smallest absolute Gasteiger partial charge is 0.328 e. The van der Waals surface area contributed by atoms with Crippen molar-refractivity contribution in [1.29, 1.82) is 0 Å². The van der Waals surface area contributed by atoms with E-state index >= 15 is 0 Å². The summed E-state index contributed by atoms with van der Waals surface area (Å²) >= 11 is 0. The van der Waals surface area contributed by atoms with E-state index in [9.17, 15) is 4.79 Å². The first-order valence-electron chi connectivity index (χ1n) is 11.0. The molecule has 1 aromatic rings. The van der Waals surface area contributed by atoms with E-state index < -0.39 is 5.97 Å². The first-order chi connectivity index (χ1) is 13.5. The van der Waals surface area contributed by atoms with Gasteiger partial charge in [-0.15, -0.1) is 0 Å². The Labute approximate surface area is 176 Å². The zero-order chi connectivity index (χ0) is 21.4. The first-order valence-corrected chi connectivity index (χ1v) is 11.0. The Kier molecular flexibility index (Phi) is 5.94. The number of aryl methyl sites for hydroxylation is 1. The second kappa shape index (κ2) is 7.97. The molecule has 2 heteroatoms. The van der Waals surface area contributed by atoms with Gasteiger partial charge in [-0.3, -0.25) is 0 Å². The van der Waals surface area contributed by atoms with Gasteiger partial charge in [0.1, 0.15) is 0 Å². The van der Waals surface area contributed by atoms with E-state index in [0.29, 0.717) is 0 Å². The van der Waals surface area contributed by atoms with Crippen LogP contribution in [0.4, 0.5) is 0 Å². The maximum absolute atomic E-state index is 10.9. The van der Waals surface area contributed by atoms with Crippen molar-refractivity contribution in [3.05, 3.63) is 63.8 Å². The molecule has 156 valence electrons. The summed E-state index contributed by atoms with van der Waals surface area (Å²) in [5, 5.41) is 8.97. The van der Waals surface area contributed by atoms with Crippen molar-refractivity contribution < 1.29 is 9.90 Å². The summed E-state index contributed by atoms with van der Waals surface area (Å²) in [6.07, 6.45) is 12.4. The van der Waals surface area contributed by atoms with Crippen LogP contribution >= 0.6 is 0 Å². The molecule has 0 radical (unpaired) electrons. The molecular formula is C27H36O2. The highest BCUT2D eigenvalue weighted by atomic mass is 16.4. The molecule has 0 atom stereocenters. The van der Waals surface area contributed by atoms with E-state index in [2.05, 4.69) is 52.8 Å². The van der Waals surface area contributed by atoms with E-state index in [1.54, 1.807) is 0 Å². The summed E-state index contributed by atoms with van der Waals surface area (Å²) in [5.41, 5.74) is 9.83. The van der Waals surface area contributed by atoms with Crippen molar-refractivity contribution in [3.8, 4) is 0 Å². The largest absolute Gasteiger partial charge is 0.478 e. The molecule has 0 saturated heterocycles. The lowest BCUT2D eigenvalue weighted by molar-refractivity contribution is -0.131. The molecule has 0 heterocycles. The van der Waals surface area contributed by atoms with Crippen LogP contribution in [0.5, 0.6) is 0 Å². The number of hydrogen-bond donors (Lipinski definition) is 1. The molecule has 0 bridgehead atoms. The number of allylic oxidation sites excluding steroid dienone is 5. The maximum Gasteiger partial charge on any atom is 0.328 e. The molecule has 0 aliphatic heterocycles. The summed E-state index contributed by atoms with van der Waals surface area (Å²) in [4.78, 5) is 10.9. The molecule has 2 nitrogen and oxygen atoms in total. The average Bonchev–Trinajstić information content (AvgIpc) is 2.63. The molecular weight excluding hydrogens is 356 g/mol. The van der Waals surface area contributed by atoms with Crippen LogP contribution in [0, 0.1) is 6.92 Å². The number of carboxylic acid groups (broad SMARTS) is 1. The van der Waals surface area contributed by atoms with Gasteiger partial charge in [0, 0.05) is 6.08 Å². The third-order valence-corrected chi connectivity index (χ3v) is 6.93. The van der Waals surface area contributed by atoms with Gasteiger partial charge in [0.25, 0.3) is 0 Å². The highest BCUT2D eigenvalue weighted by Gasteiger charge is 2.37. The monoisotopic (exact) mass is 392 g/mol. The first kappa shape index (κ1) is 21.6. The zero-order valence-electron chi connectivity index (χ0n) is 19.0. The maximum atomic E-state index is 10.9. The number of rotatable bonds is 4. The van der Waals surface area contributed by atoms with Gasteiger partial charge >= 0.3 is 5.97 Å². The van der Waals surface area contributed by atoms with Gasteiger partial charge in [-0.1, -0.05) is 52.0 Å². The number of hydrogen-bond acceptors (Lipinski definition) is 1. The van der Waals surface area contributed by atoms with Crippen molar-refractivity contribution in [1.82, 2.24) is 0 Å². The van der Waals surface area contributed by atoms with Crippen molar-refractivity contribution in [2.45, 2.75) is 90.9 Å². The quantitative estimate of drug-likeness (QED) is 0.432. The highest BCUT2D eigenvalue weighted by molar-refractivity contribution is 5.81. The van der Waals surface area contributed by atoms with Crippen LogP contribution < -0.4 is 0 Å². The fourth-order valence-corrected chi connectivity index (χ4v) is 4.94. The van der Waals surface area contributed by atoms with Gasteiger partial charge in [-0.2, -0.15) is 0 Å². The lowest BCUT2D eigenvalue weighted by atomic mass is 9.62. The van der Waals surface area contributed by atoms with Gasteiger partial charge < -0.3 is 5.11 Å². The van der Waals surface area contributed by atoms with Crippen LogP contribution in [0.1, 0.15) is 95.4 Å². The number of carboxylic acids is 1. The molecule has 29 heavy (non-hydrogen) atoms. The van der Waals surface area contributed by atoms with Crippen LogP contribution in [0.2, 0.25) is 0 Å². The summed E-state index contributed by atoms with van der Waals surface area (Å²) in [6.45, 7) is 13.6. The molecule has 0 aromatic heterocycles. The second-order valence-corrected chi connectivity index (χ2v) is 10.3. The predicted octanol–water partition coefficient (Wildman–Crippen LogP) is 7.26. The van der Waals surface area contributed by atoms with Crippen molar-refractivity contribution >= 4 is 11.5 Å². The third kappa shape index (κ3) is 4.57. The molecule has 0 spiro atoms. The van der Waals surface area contributed by atoms with Gasteiger partial charge in [0.15, 0.2) is 0 Å². The minimum Gasteiger partial charge on any atom is -0.478 e. The second-order valence-electron chi connectivity index (χ2n) is 10.3. The Balaban J connectivity index is 2.12. The van der Waals surface area contributed by atoms with Gasteiger partial charge in [-0.25, -0.2) is 4.79 Å². The zero-order valence-corrected chi connectivity index (χ0v) is 19.0. The lowest BCUT2D eigenvalue weighted by Crippen LogP contribution is -2.34. The van der Waals surface area contributed by atoms with E-state index in [1.807, 2.05) is 13.0 Å². The van der Waals surface area contributed by atoms with Crippen molar-refractivity contribution in [2.24, 2.45) is 0 Å². The normalized spacial score (nSPS) is 21.4. The summed E-state index contributed by atoms with van der Waals surface area (Å²) in [6, 6.07) is 4.93. The number of aliphatic carboxylic acids is 1. The van der Waals surface area contributed by atoms with Crippen LogP contribution in [0.15, 0.2) is 41.5 Å². The summed E-state index contributed by atoms with van der Waals surface area (Å²) in [5.74, 6) is -0.889. The van der Waals surface area contributed by atoms with E-state index in [-0.39, 0.29) is 10.8 Å². The van der Waals surface area contributed by atoms with Crippen LogP contribution in [-0.4, -0.2) is 11.1 Å². The number of fused-ring (bicyclic) bond motifs is 1. The van der Waals surface area contributed by atoms with Crippen LogP contribution in [0.3, 0.4) is 0 Å². The topological polar surface area (TPSA) is 37.3 Å². The third-order valence-electron chi connectivity index (χ3n) is 6.93. The van der Waals surface area contributed by atoms with E-state index in [1.165, 1.54) is 65.2 Å². The summed E-state index contributed by atoms with van der Waals surface area (Å²) < 4.78 is 0. The molecule has 2 aliphatic carbocycles. The molecule has 1 N–H and O–H groups in total. The predicted molar refractivity (Wildman–Crippen MR) is 122 cm³/mol. The Morgan fingerprint density at radius 3 is 2.21 bits per heavy atom. The van der Waals surface area contributed by atoms with E-state index in [0.717, 1.165) is 18.4 Å². The van der Waals surface area contributed by atoms with Crippen molar-refractivity contribution in [3.63, 3.8) is 0 Å². The Bertz CT molecular complexity index is 907. The molecule has 0 amide bonds. The molecule has 0 fully saturated rings. The Morgan fingerprint density at radius 2 is 1.59 bits per heavy atom. The van der Waals surface area contributed by atoms with Crippen molar-refractivity contribution in [2.75, 3.05) is 0 Å². The minimum atomic E-state index is -0.889. The summed E-state index contributed by atoms with van der Waals surface area (Å²) in [7, 11) is 0. The fourth-order valence-electron chi connectivity index (χ4n) is 4.94. The molecule has 3 rings (SSSR count).